The number of amides is 1. The molecule has 0 aliphatic heterocycles. The van der Waals surface area contributed by atoms with Gasteiger partial charge >= 0.3 is 0 Å². The Morgan fingerprint density at radius 3 is 3.07 bits per heavy atom. The van der Waals surface area contributed by atoms with Gasteiger partial charge in [0.15, 0.2) is 0 Å². The van der Waals surface area contributed by atoms with Crippen molar-refractivity contribution in [3.63, 3.8) is 0 Å². The molecule has 1 aromatic rings. The first-order valence-electron chi connectivity index (χ1n) is 4.50. The summed E-state index contributed by atoms with van der Waals surface area (Å²) in [5, 5.41) is 11.4. The summed E-state index contributed by atoms with van der Waals surface area (Å²) >= 11 is 0. The van der Waals surface area contributed by atoms with E-state index in [1.165, 1.54) is 6.92 Å². The molecule has 0 bridgehead atoms. The van der Waals surface area contributed by atoms with Crippen molar-refractivity contribution in [3.05, 3.63) is 29.6 Å². The summed E-state index contributed by atoms with van der Waals surface area (Å²) in [5.41, 5.74) is 1.45. The minimum atomic E-state index is -0.105. The van der Waals surface area contributed by atoms with E-state index >= 15 is 0 Å². The molecule has 78 valence electrons. The summed E-state index contributed by atoms with van der Waals surface area (Å²) in [6.07, 6.45) is 3.19. The lowest BCUT2D eigenvalue weighted by Crippen LogP contribution is -2.19. The minimum absolute atomic E-state index is 0.0474. The van der Waals surface area contributed by atoms with Gasteiger partial charge in [0.25, 0.3) is 0 Å². The first kappa shape index (κ1) is 11.2. The summed E-state index contributed by atoms with van der Waals surface area (Å²) in [5.74, 6) is 5.51. The monoisotopic (exact) mass is 204 g/mol. The van der Waals surface area contributed by atoms with Gasteiger partial charge in [-0.15, -0.1) is 0 Å². The molecule has 0 fully saturated rings. The zero-order chi connectivity index (χ0) is 11.1. The Kier molecular flexibility index (Phi) is 4.32. The number of carbonyl (C=O) groups is 1. The minimum Gasteiger partial charge on any atom is -0.392 e. The molecule has 0 saturated heterocycles. The van der Waals surface area contributed by atoms with E-state index in [0.29, 0.717) is 6.54 Å². The molecular formula is C11H12N2O2. The first-order valence-corrected chi connectivity index (χ1v) is 4.50. The fourth-order valence-electron chi connectivity index (χ4n) is 0.957. The zero-order valence-corrected chi connectivity index (χ0v) is 8.45. The Morgan fingerprint density at radius 2 is 2.40 bits per heavy atom. The number of nitrogens with zero attached hydrogens (tertiary/aromatic N) is 1. The normalized spacial score (nSPS) is 8.93. The molecule has 0 aliphatic rings. The first-order chi connectivity index (χ1) is 7.22. The lowest BCUT2D eigenvalue weighted by molar-refractivity contribution is -0.118. The van der Waals surface area contributed by atoms with Crippen molar-refractivity contribution in [1.29, 1.82) is 0 Å². The van der Waals surface area contributed by atoms with E-state index in [2.05, 4.69) is 22.1 Å². The zero-order valence-electron chi connectivity index (χ0n) is 8.45. The van der Waals surface area contributed by atoms with Crippen molar-refractivity contribution < 1.29 is 9.90 Å². The van der Waals surface area contributed by atoms with Crippen molar-refractivity contribution in [3.8, 4) is 11.8 Å². The number of hydrogen-bond acceptors (Lipinski definition) is 3. The fourth-order valence-corrected chi connectivity index (χ4v) is 0.957. The van der Waals surface area contributed by atoms with Crippen LogP contribution in [-0.4, -0.2) is 22.5 Å². The molecule has 4 nitrogen and oxygen atoms in total. The molecule has 2 N–H and O–H groups in total. The van der Waals surface area contributed by atoms with Gasteiger partial charge in [-0.3, -0.25) is 9.78 Å². The molecule has 0 unspecified atom stereocenters. The topological polar surface area (TPSA) is 62.2 Å². The SMILES string of the molecule is CC(=O)NCC#Cc1cncc(CO)c1. The maximum atomic E-state index is 10.5. The summed E-state index contributed by atoms with van der Waals surface area (Å²) < 4.78 is 0. The molecule has 0 atom stereocenters. The van der Waals surface area contributed by atoms with Gasteiger partial charge in [-0.25, -0.2) is 0 Å². The van der Waals surface area contributed by atoms with Crippen LogP contribution >= 0.6 is 0 Å². The molecule has 15 heavy (non-hydrogen) atoms. The van der Waals surface area contributed by atoms with Crippen molar-refractivity contribution in [2.45, 2.75) is 13.5 Å². The van der Waals surface area contributed by atoms with Crippen molar-refractivity contribution in [2.75, 3.05) is 6.54 Å². The largest absolute Gasteiger partial charge is 0.392 e. The van der Waals surface area contributed by atoms with Gasteiger partial charge in [0.1, 0.15) is 0 Å². The average Bonchev–Trinajstić information content (AvgIpc) is 2.24. The van der Waals surface area contributed by atoms with Gasteiger partial charge in [0.2, 0.25) is 5.91 Å². The molecule has 0 radical (unpaired) electrons. The third-order valence-corrected chi connectivity index (χ3v) is 1.64. The number of aliphatic hydroxyl groups excluding tert-OH is 1. The Bertz CT molecular complexity index is 405. The highest BCUT2D eigenvalue weighted by Crippen LogP contribution is 2.00. The standard InChI is InChI=1S/C11H12N2O2/c1-9(15)13-4-2-3-10-5-11(8-14)7-12-6-10/h5-7,14H,4,8H2,1H3,(H,13,15). The number of aliphatic hydroxyl groups is 1. The van der Waals surface area contributed by atoms with E-state index in [-0.39, 0.29) is 12.5 Å². The summed E-state index contributed by atoms with van der Waals surface area (Å²) in [6.45, 7) is 1.71. The highest BCUT2D eigenvalue weighted by Gasteiger charge is 1.91. The van der Waals surface area contributed by atoms with Crippen LogP contribution in [0.15, 0.2) is 18.5 Å². The van der Waals surface area contributed by atoms with E-state index in [9.17, 15) is 4.79 Å². The third kappa shape index (κ3) is 4.25. The van der Waals surface area contributed by atoms with Gasteiger partial charge in [-0.1, -0.05) is 11.8 Å². The predicted molar refractivity (Wildman–Crippen MR) is 55.7 cm³/mol. The van der Waals surface area contributed by atoms with Crippen LogP contribution in [0, 0.1) is 11.8 Å². The van der Waals surface area contributed by atoms with Crippen molar-refractivity contribution >= 4 is 5.91 Å². The quantitative estimate of drug-likeness (QED) is 0.670. The van der Waals surface area contributed by atoms with Gasteiger partial charge in [-0.2, -0.15) is 0 Å². The molecule has 1 rings (SSSR count). The lowest BCUT2D eigenvalue weighted by atomic mass is 10.2. The van der Waals surface area contributed by atoms with Gasteiger partial charge in [0.05, 0.1) is 13.2 Å². The van der Waals surface area contributed by atoms with Gasteiger partial charge in [-0.05, 0) is 11.6 Å². The molecular weight excluding hydrogens is 192 g/mol. The summed E-state index contributed by atoms with van der Waals surface area (Å²) in [6, 6.07) is 1.76. The smallest absolute Gasteiger partial charge is 0.217 e. The Labute approximate surface area is 88.3 Å². The lowest BCUT2D eigenvalue weighted by Gasteiger charge is -1.95. The number of rotatable bonds is 2. The predicted octanol–water partition coefficient (Wildman–Crippen LogP) is 0.0615. The molecule has 0 aromatic carbocycles. The summed E-state index contributed by atoms with van der Waals surface area (Å²) in [4.78, 5) is 14.5. The Hall–Kier alpha value is -1.86. The summed E-state index contributed by atoms with van der Waals surface area (Å²) in [7, 11) is 0. The van der Waals surface area contributed by atoms with Crippen molar-refractivity contribution in [1.82, 2.24) is 10.3 Å². The third-order valence-electron chi connectivity index (χ3n) is 1.64. The second kappa shape index (κ2) is 5.78. The number of pyridine rings is 1. The van der Waals surface area contributed by atoms with Crippen LogP contribution in [0.3, 0.4) is 0 Å². The molecule has 1 aromatic heterocycles. The van der Waals surface area contributed by atoms with E-state index in [4.69, 9.17) is 5.11 Å². The highest BCUT2D eigenvalue weighted by atomic mass is 16.3. The second-order valence-corrected chi connectivity index (χ2v) is 2.95. The van der Waals surface area contributed by atoms with E-state index < -0.39 is 0 Å². The molecule has 0 saturated carbocycles. The number of nitrogens with one attached hydrogen (secondary N) is 1. The van der Waals surface area contributed by atoms with Crippen LogP contribution in [0.4, 0.5) is 0 Å². The maximum Gasteiger partial charge on any atom is 0.217 e. The van der Waals surface area contributed by atoms with Crippen molar-refractivity contribution in [2.24, 2.45) is 0 Å². The van der Waals surface area contributed by atoms with Crippen LogP contribution in [0.1, 0.15) is 18.1 Å². The van der Waals surface area contributed by atoms with Crippen LogP contribution in [0.2, 0.25) is 0 Å². The molecule has 0 aliphatic carbocycles. The van der Waals surface area contributed by atoms with E-state index in [1.807, 2.05) is 0 Å². The fraction of sp³-hybridized carbons (Fsp3) is 0.273. The molecule has 1 amide bonds. The van der Waals surface area contributed by atoms with Crippen LogP contribution in [0.5, 0.6) is 0 Å². The van der Waals surface area contributed by atoms with E-state index in [1.54, 1.807) is 18.5 Å². The number of aromatic nitrogens is 1. The molecule has 4 heteroatoms. The Balaban J connectivity index is 2.59. The number of carbonyl (C=O) groups excluding carboxylic acids is 1. The van der Waals surface area contributed by atoms with Gasteiger partial charge in [0, 0.05) is 24.9 Å². The molecule has 1 heterocycles. The second-order valence-electron chi connectivity index (χ2n) is 2.95. The van der Waals surface area contributed by atoms with Crippen LogP contribution in [-0.2, 0) is 11.4 Å². The highest BCUT2D eigenvalue weighted by molar-refractivity contribution is 5.73. The van der Waals surface area contributed by atoms with E-state index in [0.717, 1.165) is 11.1 Å². The van der Waals surface area contributed by atoms with Crippen LogP contribution < -0.4 is 5.32 Å². The average molecular weight is 204 g/mol. The maximum absolute atomic E-state index is 10.5. The van der Waals surface area contributed by atoms with Gasteiger partial charge < -0.3 is 10.4 Å². The molecule has 0 spiro atoms. The Morgan fingerprint density at radius 1 is 1.60 bits per heavy atom. The van der Waals surface area contributed by atoms with Crippen LogP contribution in [0.25, 0.3) is 0 Å². The number of hydrogen-bond donors (Lipinski definition) is 2.